The maximum Gasteiger partial charge on any atom is 0.350 e. The first-order chi connectivity index (χ1) is 17.3. The summed E-state index contributed by atoms with van der Waals surface area (Å²) in [5, 5.41) is 4.85. The minimum atomic E-state index is -4.18. The molecule has 5 rings (SSSR count). The molecule has 2 aliphatic carbocycles. The molecule has 2 N–H and O–H groups in total. The number of nitrogens with one attached hydrogen (secondary N) is 2. The van der Waals surface area contributed by atoms with Crippen LogP contribution in [0.3, 0.4) is 0 Å². The van der Waals surface area contributed by atoms with Crippen molar-refractivity contribution in [2.24, 2.45) is 11.8 Å². The van der Waals surface area contributed by atoms with Gasteiger partial charge in [0.2, 0.25) is 11.8 Å². The molecule has 2 unspecified atom stereocenters. The molecule has 2 saturated carbocycles. The Hall–Kier alpha value is -2.76. The van der Waals surface area contributed by atoms with Crippen molar-refractivity contribution in [1.82, 2.24) is 15.5 Å². The number of amides is 3. The lowest BCUT2D eigenvalue weighted by Crippen LogP contribution is -2.80. The average molecular weight is 548 g/mol. The van der Waals surface area contributed by atoms with Crippen LogP contribution in [0.2, 0.25) is 5.02 Å². The lowest BCUT2D eigenvalue weighted by atomic mass is 9.65. The Morgan fingerprint density at radius 2 is 1.92 bits per heavy atom. The van der Waals surface area contributed by atoms with Crippen molar-refractivity contribution in [2.75, 3.05) is 13.2 Å². The summed E-state index contributed by atoms with van der Waals surface area (Å²) in [7, 11) is 0. The first kappa shape index (κ1) is 25.9. The third-order valence-corrected chi connectivity index (χ3v) is 8.36. The highest BCUT2D eigenvalue weighted by Crippen LogP contribution is 2.57. The number of Topliss-reactive ketones (excluding diaryl/α,β-unsaturated/α-hetero) is 1. The van der Waals surface area contributed by atoms with Crippen LogP contribution in [0.4, 0.5) is 22.0 Å². The molecule has 37 heavy (non-hydrogen) atoms. The summed E-state index contributed by atoms with van der Waals surface area (Å²) in [4.78, 5) is 51.8. The standard InChI is InChI=1S/C24H23ClF5N3O4/c25-13-3-1-2-12(6-13)24(29,30)20(37)33-14-7-21(33,11-22(27,28)8-14)19(36)32-23(17(34)10-26)9-16(23)15-4-5-31-18(15)35/h1-3,6,14-16H,4-5,7-11H2,(H,31,35)(H,32,36)/t14-,15-,16?,21+,23?/m0/s1. The van der Waals surface area contributed by atoms with Crippen molar-refractivity contribution in [1.29, 1.82) is 0 Å². The number of carbonyl (C=O) groups is 4. The second-order valence-corrected chi connectivity index (χ2v) is 10.8. The molecule has 4 fully saturated rings. The third-order valence-electron chi connectivity index (χ3n) is 8.13. The summed E-state index contributed by atoms with van der Waals surface area (Å²) < 4.78 is 73.1. The number of alkyl halides is 5. The molecule has 2 heterocycles. The lowest BCUT2D eigenvalue weighted by Gasteiger charge is -2.62. The highest BCUT2D eigenvalue weighted by atomic mass is 35.5. The molecule has 200 valence electrons. The van der Waals surface area contributed by atoms with Gasteiger partial charge in [-0.05, 0) is 25.0 Å². The quantitative estimate of drug-likeness (QED) is 0.513. The van der Waals surface area contributed by atoms with Crippen LogP contribution in [-0.2, 0) is 25.1 Å². The third kappa shape index (κ3) is 3.90. The van der Waals surface area contributed by atoms with Crippen molar-refractivity contribution >= 4 is 35.1 Å². The molecule has 13 heteroatoms. The van der Waals surface area contributed by atoms with E-state index in [-0.39, 0.29) is 23.8 Å². The van der Waals surface area contributed by atoms with Gasteiger partial charge in [-0.25, -0.2) is 13.2 Å². The second-order valence-electron chi connectivity index (χ2n) is 10.4. The van der Waals surface area contributed by atoms with Crippen LogP contribution >= 0.6 is 11.6 Å². The Kier molecular flexibility index (Phi) is 5.85. The number of hydrogen-bond donors (Lipinski definition) is 2. The minimum absolute atomic E-state index is 0.0739. The van der Waals surface area contributed by atoms with E-state index in [2.05, 4.69) is 10.6 Å². The SMILES string of the molecule is O=C1NCC[C@H]1C1CC1(NC(=O)[C@@]12C[C@@H](CC(F)(F)C1)N2C(=O)C(F)(F)c1cccc(Cl)c1)C(=O)CF. The van der Waals surface area contributed by atoms with Gasteiger partial charge in [-0.1, -0.05) is 23.7 Å². The van der Waals surface area contributed by atoms with E-state index in [1.165, 1.54) is 12.1 Å². The van der Waals surface area contributed by atoms with Crippen LogP contribution in [0.1, 0.15) is 37.7 Å². The topological polar surface area (TPSA) is 95.6 Å². The summed E-state index contributed by atoms with van der Waals surface area (Å²) in [6.07, 6.45) is -2.21. The van der Waals surface area contributed by atoms with E-state index in [0.29, 0.717) is 17.9 Å². The Morgan fingerprint density at radius 1 is 1.19 bits per heavy atom. The van der Waals surface area contributed by atoms with Gasteiger partial charge < -0.3 is 15.5 Å². The smallest absolute Gasteiger partial charge is 0.350 e. The molecule has 3 amide bonds. The van der Waals surface area contributed by atoms with Crippen molar-refractivity contribution in [3.8, 4) is 0 Å². The Morgan fingerprint density at radius 3 is 2.54 bits per heavy atom. The summed E-state index contributed by atoms with van der Waals surface area (Å²) in [5.74, 6) is -13.6. The minimum Gasteiger partial charge on any atom is -0.356 e. The first-order valence-corrected chi connectivity index (χ1v) is 12.2. The molecule has 7 nitrogen and oxygen atoms in total. The highest BCUT2D eigenvalue weighted by molar-refractivity contribution is 6.30. The number of ketones is 1. The van der Waals surface area contributed by atoms with E-state index in [0.717, 1.165) is 12.1 Å². The molecule has 5 atom stereocenters. The predicted octanol–water partition coefficient (Wildman–Crippen LogP) is 2.75. The van der Waals surface area contributed by atoms with Gasteiger partial charge >= 0.3 is 5.92 Å². The number of rotatable bonds is 7. The van der Waals surface area contributed by atoms with Crippen LogP contribution in [0, 0.1) is 11.8 Å². The summed E-state index contributed by atoms with van der Waals surface area (Å²) in [6, 6.07) is 3.00. The molecule has 2 bridgehead atoms. The molecule has 0 aromatic heterocycles. The van der Waals surface area contributed by atoms with E-state index in [1.807, 2.05) is 0 Å². The molecule has 0 spiro atoms. The zero-order chi connectivity index (χ0) is 27.0. The fraction of sp³-hybridized carbons (Fsp3) is 0.583. The molecule has 1 aromatic rings. The van der Waals surface area contributed by atoms with Gasteiger partial charge in [-0.3, -0.25) is 19.2 Å². The zero-order valence-corrected chi connectivity index (χ0v) is 20.1. The van der Waals surface area contributed by atoms with Crippen molar-refractivity contribution < 1.29 is 41.1 Å². The molecule has 4 aliphatic rings. The molecular formula is C24H23ClF5N3O4. The van der Waals surface area contributed by atoms with Crippen LogP contribution in [0.25, 0.3) is 0 Å². The largest absolute Gasteiger partial charge is 0.356 e. The average Bonchev–Trinajstić information content (AvgIpc) is 3.38. The van der Waals surface area contributed by atoms with E-state index in [1.54, 1.807) is 0 Å². The van der Waals surface area contributed by atoms with Crippen molar-refractivity contribution in [3.63, 3.8) is 0 Å². The van der Waals surface area contributed by atoms with Gasteiger partial charge in [0.15, 0.2) is 12.5 Å². The van der Waals surface area contributed by atoms with Crippen molar-refractivity contribution in [3.05, 3.63) is 34.9 Å². The van der Waals surface area contributed by atoms with E-state index < -0.39 is 83.5 Å². The molecular weight excluding hydrogens is 525 g/mol. The van der Waals surface area contributed by atoms with E-state index in [4.69, 9.17) is 11.6 Å². The molecule has 2 saturated heterocycles. The summed E-state index contributed by atoms with van der Waals surface area (Å²) in [6.45, 7) is -1.15. The van der Waals surface area contributed by atoms with Gasteiger partial charge in [0.05, 0.1) is 0 Å². The Labute approximate surface area is 213 Å². The van der Waals surface area contributed by atoms with Gasteiger partial charge in [0.25, 0.3) is 11.8 Å². The molecule has 0 radical (unpaired) electrons. The van der Waals surface area contributed by atoms with Gasteiger partial charge in [-0.2, -0.15) is 8.78 Å². The molecule has 1 aromatic carbocycles. The van der Waals surface area contributed by atoms with Crippen LogP contribution in [0.5, 0.6) is 0 Å². The maximum atomic E-state index is 15.3. The predicted molar refractivity (Wildman–Crippen MR) is 119 cm³/mol. The number of halogens is 6. The van der Waals surface area contributed by atoms with Gasteiger partial charge in [0.1, 0.15) is 11.1 Å². The van der Waals surface area contributed by atoms with E-state index >= 15 is 8.78 Å². The Balaban J connectivity index is 1.46. The second kappa shape index (κ2) is 8.37. The number of fused-ring (bicyclic) bond motifs is 2. The first-order valence-electron chi connectivity index (χ1n) is 11.8. The van der Waals surface area contributed by atoms with Gasteiger partial charge in [0, 0.05) is 54.3 Å². The van der Waals surface area contributed by atoms with Crippen LogP contribution < -0.4 is 10.6 Å². The summed E-state index contributed by atoms with van der Waals surface area (Å²) >= 11 is 5.78. The van der Waals surface area contributed by atoms with Crippen LogP contribution in [-0.4, -0.2) is 64.7 Å². The maximum absolute atomic E-state index is 15.3. The normalized spacial score (nSPS) is 33.8. The van der Waals surface area contributed by atoms with Gasteiger partial charge in [-0.15, -0.1) is 0 Å². The van der Waals surface area contributed by atoms with E-state index in [9.17, 15) is 32.3 Å². The highest BCUT2D eigenvalue weighted by Gasteiger charge is 2.73. The fourth-order valence-corrected chi connectivity index (χ4v) is 6.52. The Bertz CT molecular complexity index is 1200. The number of benzene rings is 1. The number of nitrogens with zero attached hydrogens (tertiary/aromatic N) is 1. The van der Waals surface area contributed by atoms with Crippen molar-refractivity contribution in [2.45, 2.75) is 61.1 Å². The van der Waals surface area contributed by atoms with Crippen LogP contribution in [0.15, 0.2) is 24.3 Å². The number of likely N-dealkylation sites (tertiary alicyclic amines) is 1. The lowest BCUT2D eigenvalue weighted by molar-refractivity contribution is -0.225. The number of piperidine rings is 1. The monoisotopic (exact) mass is 547 g/mol. The number of hydrogen-bond acceptors (Lipinski definition) is 4. The number of carbonyl (C=O) groups excluding carboxylic acids is 4. The zero-order valence-electron chi connectivity index (χ0n) is 19.3. The summed E-state index contributed by atoms with van der Waals surface area (Å²) in [5.41, 5.74) is -4.95. The fourth-order valence-electron chi connectivity index (χ4n) is 6.33. The molecule has 2 aliphatic heterocycles.